The van der Waals surface area contributed by atoms with Gasteiger partial charge in [-0.3, -0.25) is 0 Å². The maximum Gasteiger partial charge on any atom is 0.110 e. The molecule has 0 radical (unpaired) electrons. The summed E-state index contributed by atoms with van der Waals surface area (Å²) in [5.74, 6) is 0. The van der Waals surface area contributed by atoms with Gasteiger partial charge < -0.3 is 5.73 Å². The SMILES string of the molecule is CC(N)c1nc(-c2cnn(-c3ccccc3)c2)cs1. The van der Waals surface area contributed by atoms with Crippen LogP contribution >= 0.6 is 11.3 Å². The topological polar surface area (TPSA) is 56.7 Å². The molecule has 0 aliphatic carbocycles. The molecule has 1 unspecified atom stereocenters. The Morgan fingerprint density at radius 1 is 1.26 bits per heavy atom. The summed E-state index contributed by atoms with van der Waals surface area (Å²) in [7, 11) is 0. The van der Waals surface area contributed by atoms with Crippen LogP contribution in [-0.2, 0) is 0 Å². The number of hydrogen-bond donors (Lipinski definition) is 1. The van der Waals surface area contributed by atoms with Crippen LogP contribution in [0.1, 0.15) is 18.0 Å². The van der Waals surface area contributed by atoms with E-state index in [0.717, 1.165) is 22.0 Å². The number of thiazole rings is 1. The Kier molecular flexibility index (Phi) is 3.15. The van der Waals surface area contributed by atoms with E-state index in [-0.39, 0.29) is 6.04 Å². The van der Waals surface area contributed by atoms with E-state index in [2.05, 4.69) is 10.1 Å². The van der Waals surface area contributed by atoms with E-state index in [1.165, 1.54) is 0 Å². The molecule has 2 heterocycles. The molecule has 19 heavy (non-hydrogen) atoms. The van der Waals surface area contributed by atoms with Crippen LogP contribution in [0.25, 0.3) is 16.9 Å². The molecular weight excluding hydrogens is 256 g/mol. The minimum atomic E-state index is -0.0251. The predicted octanol–water partition coefficient (Wildman–Crippen LogP) is 3.02. The Balaban J connectivity index is 1.92. The van der Waals surface area contributed by atoms with Gasteiger partial charge in [-0.2, -0.15) is 5.10 Å². The monoisotopic (exact) mass is 270 g/mol. The first-order chi connectivity index (χ1) is 9.24. The second kappa shape index (κ2) is 4.95. The molecule has 3 rings (SSSR count). The highest BCUT2D eigenvalue weighted by Crippen LogP contribution is 2.24. The molecule has 1 atom stereocenters. The molecule has 3 aromatic rings. The van der Waals surface area contributed by atoms with Crippen LogP contribution in [0.2, 0.25) is 0 Å². The summed E-state index contributed by atoms with van der Waals surface area (Å²) in [5, 5.41) is 7.33. The number of rotatable bonds is 3. The Labute approximate surface area is 115 Å². The average molecular weight is 270 g/mol. The highest BCUT2D eigenvalue weighted by molar-refractivity contribution is 7.10. The fourth-order valence-corrected chi connectivity index (χ4v) is 2.59. The second-order valence-corrected chi connectivity index (χ2v) is 5.26. The van der Waals surface area contributed by atoms with Crippen molar-refractivity contribution in [2.45, 2.75) is 13.0 Å². The Morgan fingerprint density at radius 3 is 2.74 bits per heavy atom. The van der Waals surface area contributed by atoms with Gasteiger partial charge in [0.1, 0.15) is 5.01 Å². The maximum atomic E-state index is 5.83. The molecule has 96 valence electrons. The molecule has 1 aromatic carbocycles. The lowest BCUT2D eigenvalue weighted by Gasteiger charge is -1.98. The molecule has 0 spiro atoms. The van der Waals surface area contributed by atoms with Crippen molar-refractivity contribution in [3.63, 3.8) is 0 Å². The van der Waals surface area contributed by atoms with Crippen LogP contribution in [0.15, 0.2) is 48.1 Å². The molecule has 0 aliphatic rings. The van der Waals surface area contributed by atoms with Crippen molar-refractivity contribution in [2.75, 3.05) is 0 Å². The van der Waals surface area contributed by atoms with Crippen molar-refractivity contribution in [3.05, 3.63) is 53.1 Å². The van der Waals surface area contributed by atoms with Crippen molar-refractivity contribution in [3.8, 4) is 16.9 Å². The summed E-state index contributed by atoms with van der Waals surface area (Å²) in [6.07, 6.45) is 3.81. The van der Waals surface area contributed by atoms with Gasteiger partial charge in [0, 0.05) is 17.1 Å². The standard InChI is InChI=1S/C14H14N4S/c1-10(15)14-17-13(9-19-14)11-7-16-18(8-11)12-5-3-2-4-6-12/h2-10H,15H2,1H3. The van der Waals surface area contributed by atoms with Crippen molar-refractivity contribution < 1.29 is 0 Å². The minimum Gasteiger partial charge on any atom is -0.322 e. The quantitative estimate of drug-likeness (QED) is 0.796. The van der Waals surface area contributed by atoms with Crippen LogP contribution in [0, 0.1) is 0 Å². The molecule has 0 amide bonds. The lowest BCUT2D eigenvalue weighted by atomic mass is 10.3. The number of nitrogens with zero attached hydrogens (tertiary/aromatic N) is 3. The summed E-state index contributed by atoms with van der Waals surface area (Å²) < 4.78 is 1.85. The van der Waals surface area contributed by atoms with Crippen LogP contribution in [0.4, 0.5) is 0 Å². The van der Waals surface area contributed by atoms with Crippen molar-refractivity contribution >= 4 is 11.3 Å². The Hall–Kier alpha value is -1.98. The van der Waals surface area contributed by atoms with Gasteiger partial charge in [0.25, 0.3) is 0 Å². The van der Waals surface area contributed by atoms with E-state index < -0.39 is 0 Å². The number of para-hydroxylation sites is 1. The van der Waals surface area contributed by atoms with Gasteiger partial charge in [0.05, 0.1) is 23.6 Å². The van der Waals surface area contributed by atoms with Gasteiger partial charge in [0.15, 0.2) is 0 Å². The Morgan fingerprint density at radius 2 is 2.05 bits per heavy atom. The molecule has 0 fully saturated rings. The van der Waals surface area contributed by atoms with E-state index in [1.54, 1.807) is 11.3 Å². The van der Waals surface area contributed by atoms with E-state index in [9.17, 15) is 0 Å². The summed E-state index contributed by atoms with van der Waals surface area (Å²) >= 11 is 1.58. The summed E-state index contributed by atoms with van der Waals surface area (Å²) in [6.45, 7) is 1.94. The zero-order valence-corrected chi connectivity index (χ0v) is 11.3. The highest BCUT2D eigenvalue weighted by Gasteiger charge is 2.09. The molecule has 0 saturated carbocycles. The lowest BCUT2D eigenvalue weighted by molar-refractivity contribution is 0.808. The molecule has 0 aliphatic heterocycles. The third kappa shape index (κ3) is 2.43. The number of nitrogens with two attached hydrogens (primary N) is 1. The first-order valence-electron chi connectivity index (χ1n) is 6.05. The first kappa shape index (κ1) is 12.1. The van der Waals surface area contributed by atoms with Gasteiger partial charge in [-0.25, -0.2) is 9.67 Å². The molecule has 0 bridgehead atoms. The summed E-state index contributed by atoms with van der Waals surface area (Å²) in [4.78, 5) is 4.53. The molecule has 0 saturated heterocycles. The molecule has 4 nitrogen and oxygen atoms in total. The second-order valence-electron chi connectivity index (χ2n) is 4.37. The third-order valence-electron chi connectivity index (χ3n) is 2.81. The highest BCUT2D eigenvalue weighted by atomic mass is 32.1. The average Bonchev–Trinajstić information content (AvgIpc) is 3.09. The van der Waals surface area contributed by atoms with Crippen LogP contribution in [-0.4, -0.2) is 14.8 Å². The zero-order chi connectivity index (χ0) is 13.2. The summed E-state index contributed by atoms with van der Waals surface area (Å²) in [5.41, 5.74) is 8.80. The third-order valence-corrected chi connectivity index (χ3v) is 3.86. The predicted molar refractivity (Wildman–Crippen MR) is 77.3 cm³/mol. The fourth-order valence-electron chi connectivity index (χ4n) is 1.81. The van der Waals surface area contributed by atoms with Gasteiger partial charge in [-0.1, -0.05) is 18.2 Å². The molecule has 2 N–H and O–H groups in total. The smallest absolute Gasteiger partial charge is 0.110 e. The lowest BCUT2D eigenvalue weighted by Crippen LogP contribution is -2.03. The van der Waals surface area contributed by atoms with Crippen molar-refractivity contribution in [1.82, 2.24) is 14.8 Å². The molecule has 2 aromatic heterocycles. The largest absolute Gasteiger partial charge is 0.322 e. The number of aromatic nitrogens is 3. The van der Waals surface area contributed by atoms with Crippen LogP contribution < -0.4 is 5.73 Å². The normalized spacial score (nSPS) is 12.5. The van der Waals surface area contributed by atoms with E-state index in [0.29, 0.717) is 0 Å². The van der Waals surface area contributed by atoms with Gasteiger partial charge >= 0.3 is 0 Å². The van der Waals surface area contributed by atoms with Crippen molar-refractivity contribution in [1.29, 1.82) is 0 Å². The summed E-state index contributed by atoms with van der Waals surface area (Å²) in [6, 6.07) is 9.99. The first-order valence-corrected chi connectivity index (χ1v) is 6.93. The van der Waals surface area contributed by atoms with Gasteiger partial charge in [0.2, 0.25) is 0 Å². The molecule has 5 heteroatoms. The number of hydrogen-bond acceptors (Lipinski definition) is 4. The van der Waals surface area contributed by atoms with E-state index >= 15 is 0 Å². The number of benzene rings is 1. The van der Waals surface area contributed by atoms with Crippen molar-refractivity contribution in [2.24, 2.45) is 5.73 Å². The maximum absolute atomic E-state index is 5.83. The van der Waals surface area contributed by atoms with Gasteiger partial charge in [-0.15, -0.1) is 11.3 Å². The fraction of sp³-hybridized carbons (Fsp3) is 0.143. The Bertz CT molecular complexity index is 670. The van der Waals surface area contributed by atoms with E-state index in [1.807, 2.05) is 59.7 Å². The zero-order valence-electron chi connectivity index (χ0n) is 10.5. The van der Waals surface area contributed by atoms with Gasteiger partial charge in [-0.05, 0) is 19.1 Å². The van der Waals surface area contributed by atoms with Crippen LogP contribution in [0.3, 0.4) is 0 Å². The van der Waals surface area contributed by atoms with E-state index in [4.69, 9.17) is 5.73 Å². The van der Waals surface area contributed by atoms with Crippen LogP contribution in [0.5, 0.6) is 0 Å². The molecular formula is C14H14N4S. The minimum absolute atomic E-state index is 0.0251.